The third kappa shape index (κ3) is 2.00. The Morgan fingerprint density at radius 1 is 1.11 bits per heavy atom. The maximum atomic E-state index is 5.19. The molecule has 3 rings (SSSR count). The molecule has 0 saturated heterocycles. The minimum absolute atomic E-state index is 0.836. The summed E-state index contributed by atoms with van der Waals surface area (Å²) in [6.07, 6.45) is 1.81. The van der Waals surface area contributed by atoms with Crippen molar-refractivity contribution in [1.29, 1.82) is 0 Å². The van der Waals surface area contributed by atoms with E-state index < -0.39 is 0 Å². The Hall–Kier alpha value is -2.49. The van der Waals surface area contributed by atoms with Crippen LogP contribution < -0.4 is 10.1 Å². The van der Waals surface area contributed by atoms with Crippen LogP contribution in [-0.4, -0.2) is 17.3 Å². The number of aromatic amines is 1. The lowest BCUT2D eigenvalue weighted by atomic mass is 10.2. The van der Waals surface area contributed by atoms with E-state index in [2.05, 4.69) is 15.5 Å². The van der Waals surface area contributed by atoms with Crippen LogP contribution in [0.2, 0.25) is 0 Å². The van der Waals surface area contributed by atoms with Crippen LogP contribution in [0.1, 0.15) is 0 Å². The summed E-state index contributed by atoms with van der Waals surface area (Å²) in [6, 6.07) is 13.9. The summed E-state index contributed by atoms with van der Waals surface area (Å²) in [5, 5.41) is 11.4. The molecule has 0 aliphatic carbocycles. The van der Waals surface area contributed by atoms with Crippen molar-refractivity contribution in [3.05, 3.63) is 48.7 Å². The molecule has 2 aromatic carbocycles. The Bertz CT molecular complexity index is 675. The Kier molecular flexibility index (Phi) is 2.61. The summed E-state index contributed by atoms with van der Waals surface area (Å²) in [5.74, 6) is 0.836. The highest BCUT2D eigenvalue weighted by molar-refractivity contribution is 5.82. The summed E-state index contributed by atoms with van der Waals surface area (Å²) < 4.78 is 5.19. The predicted octanol–water partition coefficient (Wildman–Crippen LogP) is 3.32. The van der Waals surface area contributed by atoms with E-state index in [4.69, 9.17) is 4.74 Å². The van der Waals surface area contributed by atoms with Gasteiger partial charge in [-0.2, -0.15) is 5.10 Å². The van der Waals surface area contributed by atoms with Gasteiger partial charge >= 0.3 is 0 Å². The van der Waals surface area contributed by atoms with Crippen molar-refractivity contribution in [1.82, 2.24) is 10.2 Å². The lowest BCUT2D eigenvalue weighted by molar-refractivity contribution is 0.415. The number of anilines is 2. The highest BCUT2D eigenvalue weighted by Gasteiger charge is 1.99. The highest BCUT2D eigenvalue weighted by atomic mass is 16.5. The average Bonchev–Trinajstić information content (AvgIpc) is 2.86. The number of fused-ring (bicyclic) bond motifs is 1. The van der Waals surface area contributed by atoms with Gasteiger partial charge in [0.25, 0.3) is 0 Å². The Labute approximate surface area is 105 Å². The number of benzene rings is 2. The number of hydrogen-bond donors (Lipinski definition) is 2. The van der Waals surface area contributed by atoms with E-state index in [-0.39, 0.29) is 0 Å². The van der Waals surface area contributed by atoms with Crippen molar-refractivity contribution in [3.8, 4) is 5.75 Å². The molecule has 0 atom stereocenters. The molecule has 4 heteroatoms. The molecule has 2 N–H and O–H groups in total. The van der Waals surface area contributed by atoms with Crippen molar-refractivity contribution in [2.45, 2.75) is 0 Å². The van der Waals surface area contributed by atoms with Gasteiger partial charge in [-0.05, 0) is 30.3 Å². The van der Waals surface area contributed by atoms with Crippen molar-refractivity contribution in [2.24, 2.45) is 0 Å². The van der Waals surface area contributed by atoms with Crippen LogP contribution in [0.5, 0.6) is 5.75 Å². The molecule has 1 heterocycles. The van der Waals surface area contributed by atoms with Crippen LogP contribution in [0.25, 0.3) is 10.9 Å². The number of aromatic nitrogens is 2. The summed E-state index contributed by atoms with van der Waals surface area (Å²) in [6.45, 7) is 0. The van der Waals surface area contributed by atoms with E-state index in [1.165, 1.54) is 0 Å². The van der Waals surface area contributed by atoms with Crippen LogP contribution >= 0.6 is 0 Å². The average molecular weight is 239 g/mol. The summed E-state index contributed by atoms with van der Waals surface area (Å²) in [5.41, 5.74) is 3.02. The van der Waals surface area contributed by atoms with Crippen LogP contribution in [0.4, 0.5) is 11.4 Å². The molecule has 0 saturated carbocycles. The Balaban J connectivity index is 1.90. The van der Waals surface area contributed by atoms with Gasteiger partial charge in [0.15, 0.2) is 0 Å². The summed E-state index contributed by atoms with van der Waals surface area (Å²) in [7, 11) is 1.66. The van der Waals surface area contributed by atoms with E-state index in [0.717, 1.165) is 28.0 Å². The van der Waals surface area contributed by atoms with Gasteiger partial charge < -0.3 is 10.1 Å². The molecule has 0 amide bonds. The maximum Gasteiger partial charge on any atom is 0.120 e. The standard InChI is InChI=1S/C14H13N3O/c1-18-13-4-2-3-11(7-13)16-12-6-5-10-9-15-17-14(10)8-12/h2-9,16H,1H3,(H,15,17). The molecular formula is C14H13N3O. The number of hydrogen-bond acceptors (Lipinski definition) is 3. The van der Waals surface area contributed by atoms with Gasteiger partial charge in [0.2, 0.25) is 0 Å². The largest absolute Gasteiger partial charge is 0.497 e. The molecule has 4 nitrogen and oxygen atoms in total. The molecular weight excluding hydrogens is 226 g/mol. The van der Waals surface area contributed by atoms with Gasteiger partial charge in [0, 0.05) is 22.8 Å². The molecule has 0 radical (unpaired) electrons. The normalized spacial score (nSPS) is 10.5. The summed E-state index contributed by atoms with van der Waals surface area (Å²) in [4.78, 5) is 0. The molecule has 3 aromatic rings. The lowest BCUT2D eigenvalue weighted by Gasteiger charge is -2.08. The smallest absolute Gasteiger partial charge is 0.120 e. The van der Waals surface area contributed by atoms with E-state index in [1.807, 2.05) is 48.7 Å². The first-order valence-electron chi connectivity index (χ1n) is 5.69. The van der Waals surface area contributed by atoms with Gasteiger partial charge in [-0.15, -0.1) is 0 Å². The second kappa shape index (κ2) is 4.41. The maximum absolute atomic E-state index is 5.19. The van der Waals surface area contributed by atoms with Crippen LogP contribution in [0.15, 0.2) is 48.7 Å². The van der Waals surface area contributed by atoms with Crippen LogP contribution in [0, 0.1) is 0 Å². The van der Waals surface area contributed by atoms with Gasteiger partial charge in [0.05, 0.1) is 18.8 Å². The summed E-state index contributed by atoms with van der Waals surface area (Å²) >= 11 is 0. The zero-order valence-corrected chi connectivity index (χ0v) is 9.97. The first kappa shape index (κ1) is 10.7. The third-order valence-corrected chi connectivity index (χ3v) is 2.80. The topological polar surface area (TPSA) is 49.9 Å². The van der Waals surface area contributed by atoms with Crippen LogP contribution in [-0.2, 0) is 0 Å². The third-order valence-electron chi connectivity index (χ3n) is 2.80. The lowest BCUT2D eigenvalue weighted by Crippen LogP contribution is -1.91. The van der Waals surface area contributed by atoms with Gasteiger partial charge in [-0.3, -0.25) is 5.10 Å². The molecule has 0 bridgehead atoms. The molecule has 0 aliphatic heterocycles. The zero-order valence-electron chi connectivity index (χ0n) is 9.97. The fraction of sp³-hybridized carbons (Fsp3) is 0.0714. The second-order valence-corrected chi connectivity index (χ2v) is 4.03. The van der Waals surface area contributed by atoms with Gasteiger partial charge in [-0.25, -0.2) is 0 Å². The SMILES string of the molecule is COc1cccc(Nc2ccc3cn[nH]c3c2)c1. The van der Waals surface area contributed by atoms with Crippen molar-refractivity contribution < 1.29 is 4.74 Å². The first-order valence-corrected chi connectivity index (χ1v) is 5.69. The van der Waals surface area contributed by atoms with Crippen molar-refractivity contribution in [3.63, 3.8) is 0 Å². The molecule has 0 fully saturated rings. The van der Waals surface area contributed by atoms with E-state index >= 15 is 0 Å². The Morgan fingerprint density at radius 3 is 2.89 bits per heavy atom. The minimum atomic E-state index is 0.836. The van der Waals surface area contributed by atoms with Crippen molar-refractivity contribution >= 4 is 22.3 Å². The predicted molar refractivity (Wildman–Crippen MR) is 72.4 cm³/mol. The molecule has 0 aliphatic rings. The quantitative estimate of drug-likeness (QED) is 0.737. The van der Waals surface area contributed by atoms with Crippen LogP contribution in [0.3, 0.4) is 0 Å². The zero-order chi connectivity index (χ0) is 12.4. The van der Waals surface area contributed by atoms with E-state index in [1.54, 1.807) is 7.11 Å². The number of ether oxygens (including phenoxy) is 1. The number of nitrogens with one attached hydrogen (secondary N) is 2. The van der Waals surface area contributed by atoms with Crippen molar-refractivity contribution in [2.75, 3.05) is 12.4 Å². The second-order valence-electron chi connectivity index (χ2n) is 4.03. The molecule has 18 heavy (non-hydrogen) atoms. The monoisotopic (exact) mass is 239 g/mol. The number of H-pyrrole nitrogens is 1. The Morgan fingerprint density at radius 2 is 2.00 bits per heavy atom. The molecule has 0 spiro atoms. The highest BCUT2D eigenvalue weighted by Crippen LogP contribution is 2.23. The minimum Gasteiger partial charge on any atom is -0.497 e. The molecule has 0 unspecified atom stereocenters. The van der Waals surface area contributed by atoms with E-state index in [0.29, 0.717) is 0 Å². The van der Waals surface area contributed by atoms with Gasteiger partial charge in [0.1, 0.15) is 5.75 Å². The fourth-order valence-corrected chi connectivity index (χ4v) is 1.88. The fourth-order valence-electron chi connectivity index (χ4n) is 1.88. The molecule has 90 valence electrons. The first-order chi connectivity index (χ1) is 8.85. The number of methoxy groups -OCH3 is 1. The number of rotatable bonds is 3. The number of nitrogens with zero attached hydrogens (tertiary/aromatic N) is 1. The van der Waals surface area contributed by atoms with Gasteiger partial charge in [-0.1, -0.05) is 6.07 Å². The van der Waals surface area contributed by atoms with E-state index in [9.17, 15) is 0 Å². The molecule has 1 aromatic heterocycles.